The van der Waals surface area contributed by atoms with Crippen molar-refractivity contribution in [3.05, 3.63) is 0 Å². The Kier molecular flexibility index (Phi) is 8.18. The van der Waals surface area contributed by atoms with Crippen molar-refractivity contribution in [2.75, 3.05) is 19.7 Å². The van der Waals surface area contributed by atoms with Gasteiger partial charge in [-0.25, -0.2) is 0 Å². The summed E-state index contributed by atoms with van der Waals surface area (Å²) in [6.07, 6.45) is 4.32. The number of fused-ring (bicyclic) bond motifs is 1. The van der Waals surface area contributed by atoms with E-state index in [1.54, 1.807) is 16.7 Å². The molecule has 3 unspecified atom stereocenters. The first-order chi connectivity index (χ1) is 15.3. The van der Waals surface area contributed by atoms with Crippen molar-refractivity contribution >= 4 is 29.5 Å². The molecule has 0 aromatic heterocycles. The lowest BCUT2D eigenvalue weighted by atomic mass is 9.66. The number of carbonyl (C=O) groups is 3. The van der Waals surface area contributed by atoms with Gasteiger partial charge in [0.2, 0.25) is 17.7 Å². The molecule has 0 aromatic carbocycles. The number of hydrogen-bond acceptors (Lipinski definition) is 5. The predicted molar refractivity (Wildman–Crippen MR) is 127 cm³/mol. The van der Waals surface area contributed by atoms with Crippen LogP contribution in [0.3, 0.4) is 0 Å². The van der Waals surface area contributed by atoms with Crippen LogP contribution in [0.1, 0.15) is 66.7 Å². The van der Waals surface area contributed by atoms with Crippen LogP contribution in [-0.4, -0.2) is 69.5 Å². The number of carbonyl (C=O) groups excluding carboxylic acids is 3. The largest absolute Gasteiger partial charge is 0.394 e. The third-order valence-corrected chi connectivity index (χ3v) is 10.0. The molecule has 0 aromatic rings. The predicted octanol–water partition coefficient (Wildman–Crippen LogP) is 2.17. The molecule has 0 saturated carbocycles. The number of amides is 3. The van der Waals surface area contributed by atoms with Gasteiger partial charge in [-0.15, -0.1) is 11.8 Å². The molecule has 3 fully saturated rings. The van der Waals surface area contributed by atoms with Gasteiger partial charge in [-0.05, 0) is 31.1 Å². The summed E-state index contributed by atoms with van der Waals surface area (Å²) in [5.74, 6) is -1.06. The number of hydrogen-bond donors (Lipinski definition) is 3. The molecular weight excluding hydrogens is 426 g/mol. The van der Waals surface area contributed by atoms with E-state index in [1.807, 2.05) is 20.8 Å². The van der Waals surface area contributed by atoms with Crippen LogP contribution in [0.4, 0.5) is 0 Å². The molecule has 0 aliphatic carbocycles. The fraction of sp³-hybridized carbons (Fsp3) is 0.875. The summed E-state index contributed by atoms with van der Waals surface area (Å²) in [6, 6.07) is -1.09. The van der Waals surface area contributed by atoms with E-state index in [0.29, 0.717) is 13.1 Å². The summed E-state index contributed by atoms with van der Waals surface area (Å²) >= 11 is 1.69. The third kappa shape index (κ3) is 3.95. The quantitative estimate of drug-likeness (QED) is 0.405. The zero-order valence-corrected chi connectivity index (χ0v) is 21.0. The smallest absolute Gasteiger partial charge is 0.244 e. The van der Waals surface area contributed by atoms with Crippen molar-refractivity contribution in [3.8, 4) is 0 Å². The molecule has 1 spiro atoms. The molecule has 7 nitrogen and oxygen atoms in total. The van der Waals surface area contributed by atoms with Gasteiger partial charge in [-0.3, -0.25) is 14.4 Å². The fourth-order valence-electron chi connectivity index (χ4n) is 6.08. The molecule has 3 saturated heterocycles. The molecule has 8 atom stereocenters. The van der Waals surface area contributed by atoms with Crippen molar-refractivity contribution in [2.24, 2.45) is 23.7 Å². The maximum atomic E-state index is 14.0. The lowest BCUT2D eigenvalue weighted by molar-refractivity contribution is -0.144. The van der Waals surface area contributed by atoms with Gasteiger partial charge in [0.15, 0.2) is 0 Å². The minimum Gasteiger partial charge on any atom is -0.394 e. The maximum absolute atomic E-state index is 14.0. The maximum Gasteiger partial charge on any atom is 0.244 e. The minimum absolute atomic E-state index is 0.0509. The lowest BCUT2D eigenvalue weighted by Crippen LogP contribution is -2.59. The number of rotatable bonds is 11. The molecule has 3 aliphatic heterocycles. The molecule has 3 N–H and O–H groups in total. The summed E-state index contributed by atoms with van der Waals surface area (Å²) < 4.78 is -0.618. The third-order valence-electron chi connectivity index (χ3n) is 7.96. The summed E-state index contributed by atoms with van der Waals surface area (Å²) in [4.78, 5) is 42.5. The number of aliphatic hydroxyl groups excluding tert-OH is 1. The van der Waals surface area contributed by atoms with E-state index in [-0.39, 0.29) is 41.4 Å². The van der Waals surface area contributed by atoms with Crippen LogP contribution >= 0.6 is 11.8 Å². The molecule has 32 heavy (non-hydrogen) atoms. The average molecular weight is 468 g/mol. The van der Waals surface area contributed by atoms with Crippen LogP contribution in [0.2, 0.25) is 0 Å². The van der Waals surface area contributed by atoms with Gasteiger partial charge < -0.3 is 20.6 Å². The standard InChI is InChI=1S/C24H41N3O4S/c1-6-9-11-26-22(30)20-24-15(5)12-17(32-24)18(21(29)25-10-7-2)19(24)23(31)27(20)16(13-28)14(4)8-3/h14-20,28H,6-13H2,1-5H3,(H,25,29)(H,26,30)/t14-,15?,16-,17-,18+,19-,20?,24?/m0/s1. The molecular formula is C24H41N3O4S. The van der Waals surface area contributed by atoms with Crippen LogP contribution in [-0.2, 0) is 14.4 Å². The normalized spacial score (nSPS) is 35.0. The van der Waals surface area contributed by atoms with Crippen molar-refractivity contribution in [3.63, 3.8) is 0 Å². The highest BCUT2D eigenvalue weighted by atomic mass is 32.2. The number of nitrogens with zero attached hydrogens (tertiary/aromatic N) is 1. The van der Waals surface area contributed by atoms with Crippen molar-refractivity contribution in [1.82, 2.24) is 15.5 Å². The second-order valence-electron chi connectivity index (χ2n) is 9.87. The second-order valence-corrected chi connectivity index (χ2v) is 11.4. The van der Waals surface area contributed by atoms with Gasteiger partial charge in [0.25, 0.3) is 0 Å². The van der Waals surface area contributed by atoms with E-state index >= 15 is 0 Å². The summed E-state index contributed by atoms with van der Waals surface area (Å²) in [5, 5.41) is 16.4. The topological polar surface area (TPSA) is 98.7 Å². The minimum atomic E-state index is -0.656. The fourth-order valence-corrected chi connectivity index (χ4v) is 8.49. The Balaban J connectivity index is 2.04. The number of likely N-dealkylation sites (tertiary alicyclic amines) is 1. The Morgan fingerprint density at radius 1 is 1.19 bits per heavy atom. The Labute approximate surface area is 196 Å². The summed E-state index contributed by atoms with van der Waals surface area (Å²) in [6.45, 7) is 11.2. The van der Waals surface area contributed by atoms with Gasteiger partial charge in [-0.2, -0.15) is 0 Å². The van der Waals surface area contributed by atoms with Gasteiger partial charge in [0, 0.05) is 18.3 Å². The molecule has 3 aliphatic rings. The van der Waals surface area contributed by atoms with Crippen LogP contribution < -0.4 is 10.6 Å². The molecule has 8 heteroatoms. The summed E-state index contributed by atoms with van der Waals surface area (Å²) in [7, 11) is 0. The van der Waals surface area contributed by atoms with E-state index in [9.17, 15) is 19.5 Å². The lowest BCUT2D eigenvalue weighted by Gasteiger charge is -2.41. The highest BCUT2D eigenvalue weighted by Crippen LogP contribution is 2.68. The average Bonchev–Trinajstić information content (AvgIpc) is 3.36. The number of unbranched alkanes of at least 4 members (excludes halogenated alkanes) is 1. The summed E-state index contributed by atoms with van der Waals surface area (Å²) in [5.41, 5.74) is 0. The second kappa shape index (κ2) is 10.3. The highest BCUT2D eigenvalue weighted by Gasteiger charge is 2.76. The first-order valence-corrected chi connectivity index (χ1v) is 13.3. The van der Waals surface area contributed by atoms with Gasteiger partial charge in [-0.1, -0.05) is 47.5 Å². The first-order valence-electron chi connectivity index (χ1n) is 12.5. The highest BCUT2D eigenvalue weighted by molar-refractivity contribution is 8.02. The SMILES string of the molecule is CCCCNC(=O)C1N([C@@H](CO)[C@@H](C)CC)C(=O)[C@@H]2[C@H](C(=O)NCCC)[C@@H]3CC(C)C12S3. The number of nitrogens with one attached hydrogen (secondary N) is 2. The van der Waals surface area contributed by atoms with Crippen molar-refractivity contribution in [2.45, 2.75) is 88.8 Å². The molecule has 182 valence electrons. The Bertz CT molecular complexity index is 719. The molecule has 3 rings (SSSR count). The molecule has 2 bridgehead atoms. The Morgan fingerprint density at radius 2 is 1.88 bits per heavy atom. The molecule has 0 radical (unpaired) electrons. The van der Waals surface area contributed by atoms with Crippen LogP contribution in [0, 0.1) is 23.7 Å². The number of aliphatic hydroxyl groups is 1. The Hall–Kier alpha value is -1.28. The molecule has 3 amide bonds. The zero-order valence-electron chi connectivity index (χ0n) is 20.2. The van der Waals surface area contributed by atoms with E-state index < -0.39 is 28.7 Å². The van der Waals surface area contributed by atoms with Crippen LogP contribution in [0.5, 0.6) is 0 Å². The van der Waals surface area contributed by atoms with E-state index in [0.717, 1.165) is 32.1 Å². The van der Waals surface area contributed by atoms with Crippen LogP contribution in [0.25, 0.3) is 0 Å². The van der Waals surface area contributed by atoms with E-state index in [1.165, 1.54) is 0 Å². The van der Waals surface area contributed by atoms with Crippen molar-refractivity contribution < 1.29 is 19.5 Å². The van der Waals surface area contributed by atoms with Crippen molar-refractivity contribution in [1.29, 1.82) is 0 Å². The van der Waals surface area contributed by atoms with E-state index in [4.69, 9.17) is 0 Å². The van der Waals surface area contributed by atoms with Gasteiger partial charge in [0.05, 0.1) is 29.2 Å². The van der Waals surface area contributed by atoms with E-state index in [2.05, 4.69) is 24.5 Å². The first kappa shape index (κ1) is 25.3. The number of thioether (sulfide) groups is 1. The van der Waals surface area contributed by atoms with Gasteiger partial charge in [0.1, 0.15) is 6.04 Å². The van der Waals surface area contributed by atoms with Gasteiger partial charge >= 0.3 is 0 Å². The van der Waals surface area contributed by atoms with Crippen LogP contribution in [0.15, 0.2) is 0 Å². The molecule has 3 heterocycles. The Morgan fingerprint density at radius 3 is 2.47 bits per heavy atom. The monoisotopic (exact) mass is 467 g/mol. The zero-order chi connectivity index (χ0) is 23.6.